The van der Waals surface area contributed by atoms with E-state index in [1.165, 1.54) is 0 Å². The maximum atomic E-state index is 8.69. The molecule has 96 valence electrons. The van der Waals surface area contributed by atoms with Gasteiger partial charge >= 0.3 is 0 Å². The normalized spacial score (nSPS) is 12.1. The molecule has 2 aromatic heterocycles. The molecule has 5 nitrogen and oxygen atoms in total. The lowest BCUT2D eigenvalue weighted by atomic mass is 10.1. The molecule has 0 fully saturated rings. The summed E-state index contributed by atoms with van der Waals surface area (Å²) in [5.41, 5.74) is 7.40. The average Bonchev–Trinajstić information content (AvgIpc) is 3.08. The van der Waals surface area contributed by atoms with Crippen LogP contribution >= 0.6 is 11.3 Å². The summed E-state index contributed by atoms with van der Waals surface area (Å²) >= 11 is 1.64. The number of fused-ring (bicyclic) bond motifs is 1. The number of rotatable bonds is 3. The van der Waals surface area contributed by atoms with Crippen molar-refractivity contribution >= 4 is 28.1 Å². The Morgan fingerprint density at radius 2 is 2.32 bits per heavy atom. The van der Waals surface area contributed by atoms with Gasteiger partial charge in [-0.2, -0.15) is 0 Å². The highest BCUT2D eigenvalue weighted by Gasteiger charge is 2.06. The summed E-state index contributed by atoms with van der Waals surface area (Å²) in [7, 11) is 0. The summed E-state index contributed by atoms with van der Waals surface area (Å²) < 4.78 is 2.13. The van der Waals surface area contributed by atoms with Gasteiger partial charge in [0.15, 0.2) is 5.84 Å². The first-order chi connectivity index (χ1) is 9.28. The second-order valence-corrected chi connectivity index (χ2v) is 5.11. The predicted octanol–water partition coefficient (Wildman–Crippen LogP) is 2.24. The highest BCUT2D eigenvalue weighted by molar-refractivity contribution is 7.09. The minimum Gasteiger partial charge on any atom is -0.409 e. The van der Waals surface area contributed by atoms with E-state index in [0.717, 1.165) is 22.5 Å². The van der Waals surface area contributed by atoms with Gasteiger partial charge in [-0.15, -0.1) is 11.3 Å². The first-order valence-electron chi connectivity index (χ1n) is 5.73. The van der Waals surface area contributed by atoms with E-state index in [1.807, 2.05) is 42.0 Å². The Hall–Kier alpha value is -2.34. The van der Waals surface area contributed by atoms with Gasteiger partial charge in [0.05, 0.1) is 6.54 Å². The Balaban J connectivity index is 2.00. The Bertz CT molecular complexity index is 730. The Morgan fingerprint density at radius 1 is 1.42 bits per heavy atom. The molecule has 0 radical (unpaired) electrons. The largest absolute Gasteiger partial charge is 0.409 e. The van der Waals surface area contributed by atoms with Gasteiger partial charge < -0.3 is 15.5 Å². The molecular weight excluding hydrogens is 260 g/mol. The molecule has 0 saturated carbocycles. The van der Waals surface area contributed by atoms with Gasteiger partial charge in [-0.05, 0) is 24.3 Å². The maximum absolute atomic E-state index is 8.69. The van der Waals surface area contributed by atoms with E-state index in [2.05, 4.69) is 14.7 Å². The van der Waals surface area contributed by atoms with E-state index in [9.17, 15) is 0 Å². The molecule has 6 heteroatoms. The number of aromatic nitrogens is 2. The van der Waals surface area contributed by atoms with Crippen molar-refractivity contribution in [3.8, 4) is 0 Å². The summed E-state index contributed by atoms with van der Waals surface area (Å²) in [5, 5.41) is 15.8. The van der Waals surface area contributed by atoms with Crippen molar-refractivity contribution in [1.82, 2.24) is 9.55 Å². The number of hydrogen-bond acceptors (Lipinski definition) is 4. The fourth-order valence-corrected chi connectivity index (χ4v) is 2.65. The highest BCUT2D eigenvalue weighted by Crippen LogP contribution is 2.19. The van der Waals surface area contributed by atoms with E-state index in [0.29, 0.717) is 5.56 Å². The lowest BCUT2D eigenvalue weighted by Gasteiger charge is -2.04. The third-order valence-corrected chi connectivity index (χ3v) is 3.73. The predicted molar refractivity (Wildman–Crippen MR) is 75.7 cm³/mol. The van der Waals surface area contributed by atoms with E-state index in [4.69, 9.17) is 10.9 Å². The van der Waals surface area contributed by atoms with Gasteiger partial charge in [0, 0.05) is 34.2 Å². The third kappa shape index (κ3) is 2.17. The molecular formula is C13H12N4OS. The average molecular weight is 272 g/mol. The summed E-state index contributed by atoms with van der Waals surface area (Å²) in [5.74, 6) is 0.120. The van der Waals surface area contributed by atoms with Crippen molar-refractivity contribution in [2.24, 2.45) is 10.9 Å². The van der Waals surface area contributed by atoms with E-state index < -0.39 is 0 Å². The summed E-state index contributed by atoms with van der Waals surface area (Å²) in [6, 6.07) is 7.73. The molecule has 2 heterocycles. The van der Waals surface area contributed by atoms with Gasteiger partial charge in [0.2, 0.25) is 0 Å². The molecule has 0 unspecified atom stereocenters. The number of benzene rings is 1. The smallest absolute Gasteiger partial charge is 0.170 e. The fraction of sp³-hybridized carbons (Fsp3) is 0.0769. The molecule has 19 heavy (non-hydrogen) atoms. The maximum Gasteiger partial charge on any atom is 0.170 e. The van der Waals surface area contributed by atoms with Crippen LogP contribution in [0.5, 0.6) is 0 Å². The van der Waals surface area contributed by atoms with Crippen LogP contribution in [0.3, 0.4) is 0 Å². The Labute approximate surface area is 113 Å². The molecule has 0 atom stereocenters. The van der Waals surface area contributed by atoms with Crippen LogP contribution < -0.4 is 5.73 Å². The first kappa shape index (κ1) is 11.7. The van der Waals surface area contributed by atoms with Crippen molar-refractivity contribution in [2.75, 3.05) is 0 Å². The molecule has 0 bridgehead atoms. The zero-order valence-corrected chi connectivity index (χ0v) is 10.8. The van der Waals surface area contributed by atoms with Crippen molar-refractivity contribution in [3.63, 3.8) is 0 Å². The van der Waals surface area contributed by atoms with Crippen LogP contribution in [0, 0.1) is 0 Å². The monoisotopic (exact) mass is 272 g/mol. The standard InChI is InChI=1S/C13H12N4OS/c14-13(16-18)10-1-2-11-9(7-10)3-5-17(11)8-12-15-4-6-19-12/h1-7,18H,8H2,(H2,14,16). The topological polar surface area (TPSA) is 76.4 Å². The van der Waals surface area contributed by atoms with Crippen molar-refractivity contribution in [3.05, 3.63) is 52.6 Å². The van der Waals surface area contributed by atoms with Crippen LogP contribution in [0.1, 0.15) is 10.6 Å². The second-order valence-electron chi connectivity index (χ2n) is 4.13. The molecule has 0 spiro atoms. The molecule has 3 N–H and O–H groups in total. The van der Waals surface area contributed by atoms with Crippen LogP contribution in [-0.2, 0) is 6.54 Å². The first-order valence-corrected chi connectivity index (χ1v) is 6.61. The number of amidine groups is 1. The van der Waals surface area contributed by atoms with Gasteiger partial charge in [0.25, 0.3) is 0 Å². The number of hydrogen-bond donors (Lipinski definition) is 2. The third-order valence-electron chi connectivity index (χ3n) is 2.96. The van der Waals surface area contributed by atoms with Gasteiger partial charge in [0.1, 0.15) is 5.01 Å². The van der Waals surface area contributed by atoms with Crippen LogP contribution in [0.15, 0.2) is 47.2 Å². The number of oxime groups is 1. The number of nitrogens with zero attached hydrogens (tertiary/aromatic N) is 3. The molecule has 1 aromatic carbocycles. The van der Waals surface area contributed by atoms with Gasteiger partial charge in [-0.1, -0.05) is 5.16 Å². The highest BCUT2D eigenvalue weighted by atomic mass is 32.1. The zero-order valence-electron chi connectivity index (χ0n) is 10.0. The van der Waals surface area contributed by atoms with E-state index in [-0.39, 0.29) is 5.84 Å². The summed E-state index contributed by atoms with van der Waals surface area (Å²) in [6.45, 7) is 0.754. The molecule has 0 aliphatic rings. The van der Waals surface area contributed by atoms with Crippen molar-refractivity contribution in [1.29, 1.82) is 0 Å². The molecule has 0 aliphatic carbocycles. The number of thiazole rings is 1. The summed E-state index contributed by atoms with van der Waals surface area (Å²) in [6.07, 6.45) is 3.82. The Morgan fingerprint density at radius 3 is 3.05 bits per heavy atom. The van der Waals surface area contributed by atoms with Crippen molar-refractivity contribution in [2.45, 2.75) is 6.54 Å². The minimum atomic E-state index is 0.120. The zero-order chi connectivity index (χ0) is 13.2. The molecule has 0 aliphatic heterocycles. The van der Waals surface area contributed by atoms with Crippen LogP contribution in [-0.4, -0.2) is 20.6 Å². The molecule has 3 rings (SSSR count). The van der Waals surface area contributed by atoms with Gasteiger partial charge in [-0.3, -0.25) is 0 Å². The van der Waals surface area contributed by atoms with Crippen LogP contribution in [0.25, 0.3) is 10.9 Å². The van der Waals surface area contributed by atoms with E-state index in [1.54, 1.807) is 11.3 Å². The minimum absolute atomic E-state index is 0.120. The molecule has 0 amide bonds. The van der Waals surface area contributed by atoms with Crippen molar-refractivity contribution < 1.29 is 5.21 Å². The number of nitrogens with two attached hydrogens (primary N) is 1. The van der Waals surface area contributed by atoms with E-state index >= 15 is 0 Å². The fourth-order valence-electron chi connectivity index (χ4n) is 2.03. The lowest BCUT2D eigenvalue weighted by molar-refractivity contribution is 0.318. The van der Waals surface area contributed by atoms with Gasteiger partial charge in [-0.25, -0.2) is 4.98 Å². The van der Waals surface area contributed by atoms with Crippen LogP contribution in [0.4, 0.5) is 0 Å². The SMILES string of the molecule is N/C(=N/O)c1ccc2c(ccn2Cc2nccs2)c1. The Kier molecular flexibility index (Phi) is 2.92. The lowest BCUT2D eigenvalue weighted by Crippen LogP contribution is -2.12. The second kappa shape index (κ2) is 4.74. The van der Waals surface area contributed by atoms with Crippen LogP contribution in [0.2, 0.25) is 0 Å². The quantitative estimate of drug-likeness (QED) is 0.332. The molecule has 0 saturated heterocycles. The molecule has 3 aromatic rings. The summed E-state index contributed by atoms with van der Waals surface area (Å²) in [4.78, 5) is 4.28.